The number of thiol groups is 1. The Hall–Kier alpha value is 0.310. The third-order valence-electron chi connectivity index (χ3n) is 4.89. The molecule has 2 rings (SSSR count). The Labute approximate surface area is 113 Å². The van der Waals surface area contributed by atoms with Gasteiger partial charge in [0.25, 0.3) is 0 Å². The number of hydrogen-bond donors (Lipinski definition) is 1. The minimum atomic E-state index is 0.858. The van der Waals surface area contributed by atoms with Crippen LogP contribution in [-0.4, -0.2) is 29.8 Å². The summed E-state index contributed by atoms with van der Waals surface area (Å²) in [5.41, 5.74) is 0. The molecule has 0 aromatic heterocycles. The van der Waals surface area contributed by atoms with Crippen LogP contribution in [0.5, 0.6) is 0 Å². The van der Waals surface area contributed by atoms with Gasteiger partial charge in [-0.25, -0.2) is 0 Å². The van der Waals surface area contributed by atoms with Gasteiger partial charge < -0.3 is 4.90 Å². The van der Waals surface area contributed by atoms with E-state index in [1.165, 1.54) is 64.5 Å². The molecule has 2 fully saturated rings. The molecule has 1 saturated carbocycles. The van der Waals surface area contributed by atoms with Crippen molar-refractivity contribution in [2.45, 2.75) is 64.3 Å². The van der Waals surface area contributed by atoms with Crippen LogP contribution in [0.3, 0.4) is 0 Å². The van der Waals surface area contributed by atoms with E-state index in [2.05, 4.69) is 24.5 Å². The van der Waals surface area contributed by atoms with E-state index in [0.29, 0.717) is 0 Å². The van der Waals surface area contributed by atoms with Gasteiger partial charge in [0, 0.05) is 6.04 Å². The molecule has 0 radical (unpaired) electrons. The lowest BCUT2D eigenvalue weighted by Crippen LogP contribution is -2.47. The van der Waals surface area contributed by atoms with Crippen molar-refractivity contribution < 1.29 is 0 Å². The van der Waals surface area contributed by atoms with E-state index >= 15 is 0 Å². The highest BCUT2D eigenvalue weighted by Crippen LogP contribution is 2.35. The zero-order valence-electron chi connectivity index (χ0n) is 11.4. The summed E-state index contributed by atoms with van der Waals surface area (Å²) < 4.78 is 0. The van der Waals surface area contributed by atoms with E-state index in [9.17, 15) is 0 Å². The average Bonchev–Trinajstić information content (AvgIpc) is 2.36. The van der Waals surface area contributed by atoms with Crippen LogP contribution < -0.4 is 0 Å². The van der Waals surface area contributed by atoms with Gasteiger partial charge in [0.1, 0.15) is 0 Å². The SMILES string of the molecule is CC(CCS)CCN1CCCC2CCCCC21. The summed E-state index contributed by atoms with van der Waals surface area (Å²) in [7, 11) is 0. The first-order valence-corrected chi connectivity index (χ1v) is 8.29. The maximum absolute atomic E-state index is 4.34. The molecule has 3 atom stereocenters. The van der Waals surface area contributed by atoms with Crippen LogP contribution in [0.2, 0.25) is 0 Å². The van der Waals surface area contributed by atoms with Crippen LogP contribution >= 0.6 is 12.6 Å². The molecule has 0 aromatic carbocycles. The van der Waals surface area contributed by atoms with Crippen molar-refractivity contribution >= 4 is 12.6 Å². The average molecular weight is 255 g/mol. The van der Waals surface area contributed by atoms with Gasteiger partial charge in [-0.3, -0.25) is 0 Å². The molecule has 0 bridgehead atoms. The van der Waals surface area contributed by atoms with Crippen LogP contribution in [0.1, 0.15) is 58.3 Å². The predicted octanol–water partition coefficient (Wildman–Crippen LogP) is 3.99. The molecule has 0 N–H and O–H groups in total. The molecule has 17 heavy (non-hydrogen) atoms. The fourth-order valence-electron chi connectivity index (χ4n) is 3.76. The van der Waals surface area contributed by atoms with Gasteiger partial charge in [-0.05, 0) is 69.2 Å². The molecule has 0 amide bonds. The molecule has 0 aromatic rings. The molecular formula is C15H29NS. The highest BCUT2D eigenvalue weighted by Gasteiger charge is 2.32. The van der Waals surface area contributed by atoms with Gasteiger partial charge in [-0.2, -0.15) is 12.6 Å². The number of fused-ring (bicyclic) bond motifs is 1. The van der Waals surface area contributed by atoms with Crippen molar-refractivity contribution in [3.63, 3.8) is 0 Å². The minimum Gasteiger partial charge on any atom is -0.300 e. The molecule has 1 aliphatic heterocycles. The summed E-state index contributed by atoms with van der Waals surface area (Å²) in [5.74, 6) is 2.95. The second kappa shape index (κ2) is 7.04. The lowest BCUT2D eigenvalue weighted by atomic mass is 9.78. The van der Waals surface area contributed by atoms with Crippen LogP contribution in [0.25, 0.3) is 0 Å². The highest BCUT2D eigenvalue weighted by atomic mass is 32.1. The Morgan fingerprint density at radius 3 is 2.71 bits per heavy atom. The van der Waals surface area contributed by atoms with Crippen LogP contribution in [0.15, 0.2) is 0 Å². The van der Waals surface area contributed by atoms with Crippen molar-refractivity contribution in [2.24, 2.45) is 11.8 Å². The number of rotatable bonds is 5. The molecule has 2 aliphatic rings. The van der Waals surface area contributed by atoms with Gasteiger partial charge in [-0.1, -0.05) is 19.8 Å². The summed E-state index contributed by atoms with van der Waals surface area (Å²) >= 11 is 4.34. The fraction of sp³-hybridized carbons (Fsp3) is 1.00. The number of nitrogens with zero attached hydrogens (tertiary/aromatic N) is 1. The van der Waals surface area contributed by atoms with Gasteiger partial charge >= 0.3 is 0 Å². The maximum atomic E-state index is 4.34. The smallest absolute Gasteiger partial charge is 0.0123 e. The Morgan fingerprint density at radius 1 is 1.12 bits per heavy atom. The summed E-state index contributed by atoms with van der Waals surface area (Å²) in [4.78, 5) is 2.82. The second-order valence-electron chi connectivity index (χ2n) is 6.20. The molecule has 1 nitrogen and oxygen atoms in total. The molecule has 3 unspecified atom stereocenters. The van der Waals surface area contributed by atoms with E-state index < -0.39 is 0 Å². The van der Waals surface area contributed by atoms with Crippen LogP contribution in [0.4, 0.5) is 0 Å². The van der Waals surface area contributed by atoms with Crippen molar-refractivity contribution in [3.05, 3.63) is 0 Å². The third-order valence-corrected chi connectivity index (χ3v) is 5.15. The monoisotopic (exact) mass is 255 g/mol. The van der Waals surface area contributed by atoms with Gasteiger partial charge in [0.2, 0.25) is 0 Å². The standard InChI is InChI=1S/C15H29NS/c1-13(9-12-17)8-11-16-10-4-6-14-5-2-3-7-15(14)16/h13-15,17H,2-12H2,1H3. The molecule has 2 heteroatoms. The Kier molecular flexibility index (Phi) is 5.68. The molecular weight excluding hydrogens is 226 g/mol. The number of likely N-dealkylation sites (tertiary alicyclic amines) is 1. The summed E-state index contributed by atoms with van der Waals surface area (Å²) in [5, 5.41) is 0. The third kappa shape index (κ3) is 3.89. The fourth-order valence-corrected chi connectivity index (χ4v) is 4.20. The Morgan fingerprint density at radius 2 is 1.88 bits per heavy atom. The molecule has 1 aliphatic carbocycles. The lowest BCUT2D eigenvalue weighted by molar-refractivity contribution is 0.0568. The van der Waals surface area contributed by atoms with E-state index in [4.69, 9.17) is 0 Å². The molecule has 100 valence electrons. The van der Waals surface area contributed by atoms with Gasteiger partial charge in [-0.15, -0.1) is 0 Å². The largest absolute Gasteiger partial charge is 0.300 e. The van der Waals surface area contributed by atoms with Crippen molar-refractivity contribution in [1.82, 2.24) is 4.90 Å². The van der Waals surface area contributed by atoms with Crippen molar-refractivity contribution in [2.75, 3.05) is 18.8 Å². The normalized spacial score (nSPS) is 32.1. The van der Waals surface area contributed by atoms with Crippen LogP contribution in [-0.2, 0) is 0 Å². The molecule has 1 saturated heterocycles. The highest BCUT2D eigenvalue weighted by molar-refractivity contribution is 7.80. The van der Waals surface area contributed by atoms with E-state index in [-0.39, 0.29) is 0 Å². The molecule has 0 spiro atoms. The second-order valence-corrected chi connectivity index (χ2v) is 6.64. The first-order valence-electron chi connectivity index (χ1n) is 7.66. The Balaban J connectivity index is 1.78. The predicted molar refractivity (Wildman–Crippen MR) is 78.8 cm³/mol. The van der Waals surface area contributed by atoms with E-state index in [0.717, 1.165) is 23.6 Å². The van der Waals surface area contributed by atoms with Gasteiger partial charge in [0.15, 0.2) is 0 Å². The first kappa shape index (κ1) is 13.7. The number of hydrogen-bond acceptors (Lipinski definition) is 2. The van der Waals surface area contributed by atoms with E-state index in [1.807, 2.05) is 0 Å². The Bertz CT molecular complexity index is 217. The maximum Gasteiger partial charge on any atom is 0.0123 e. The minimum absolute atomic E-state index is 0.858. The number of piperidine rings is 1. The van der Waals surface area contributed by atoms with Crippen LogP contribution in [0, 0.1) is 11.8 Å². The summed E-state index contributed by atoms with van der Waals surface area (Å²) in [6.45, 7) is 5.10. The van der Waals surface area contributed by atoms with Gasteiger partial charge in [0.05, 0.1) is 0 Å². The topological polar surface area (TPSA) is 3.24 Å². The molecule has 1 heterocycles. The lowest BCUT2D eigenvalue weighted by Gasteiger charge is -2.44. The van der Waals surface area contributed by atoms with E-state index in [1.54, 1.807) is 0 Å². The zero-order valence-corrected chi connectivity index (χ0v) is 12.3. The zero-order chi connectivity index (χ0) is 12.1. The van der Waals surface area contributed by atoms with Crippen molar-refractivity contribution in [3.8, 4) is 0 Å². The summed E-state index contributed by atoms with van der Waals surface area (Å²) in [6.07, 6.45) is 11.6. The first-order chi connectivity index (χ1) is 8.31. The summed E-state index contributed by atoms with van der Waals surface area (Å²) in [6, 6.07) is 0.945. The quantitative estimate of drug-likeness (QED) is 0.727. The van der Waals surface area contributed by atoms with Crippen molar-refractivity contribution in [1.29, 1.82) is 0 Å².